The SMILES string of the molecule is Cc1ccc(/C=C\S(=O)(=O)N2CCN(c3ccc(-c4ccc(Cl)cc4Cl)nn3)CC2)cc1. The van der Waals surface area contributed by atoms with Crippen LogP contribution < -0.4 is 4.90 Å². The van der Waals surface area contributed by atoms with Crippen LogP contribution in [0.25, 0.3) is 17.3 Å². The molecular weight excluding hydrogens is 467 g/mol. The molecule has 0 N–H and O–H groups in total. The first-order valence-corrected chi connectivity index (χ1v) is 12.4. The molecule has 9 heteroatoms. The zero-order valence-electron chi connectivity index (χ0n) is 17.4. The fourth-order valence-electron chi connectivity index (χ4n) is 3.43. The van der Waals surface area contributed by atoms with E-state index in [-0.39, 0.29) is 0 Å². The van der Waals surface area contributed by atoms with Crippen molar-refractivity contribution in [3.63, 3.8) is 0 Å². The lowest BCUT2D eigenvalue weighted by Crippen LogP contribution is -2.48. The summed E-state index contributed by atoms with van der Waals surface area (Å²) < 4.78 is 26.9. The Bertz CT molecular complexity index is 1220. The van der Waals surface area contributed by atoms with E-state index in [1.54, 1.807) is 18.2 Å². The van der Waals surface area contributed by atoms with Crippen LogP contribution in [0.3, 0.4) is 0 Å². The maximum atomic E-state index is 12.7. The molecule has 0 spiro atoms. The monoisotopic (exact) mass is 488 g/mol. The number of aromatic nitrogens is 2. The Hall–Kier alpha value is -2.45. The normalized spacial score (nSPS) is 15.4. The lowest BCUT2D eigenvalue weighted by molar-refractivity contribution is 0.388. The van der Waals surface area contributed by atoms with Gasteiger partial charge in [0.1, 0.15) is 0 Å². The summed E-state index contributed by atoms with van der Waals surface area (Å²) in [7, 11) is -3.48. The Kier molecular flexibility index (Phi) is 6.81. The van der Waals surface area contributed by atoms with Crippen LogP contribution in [0.1, 0.15) is 11.1 Å². The highest BCUT2D eigenvalue weighted by Gasteiger charge is 2.25. The first kappa shape index (κ1) is 22.7. The van der Waals surface area contributed by atoms with E-state index in [0.717, 1.165) is 16.7 Å². The first-order chi connectivity index (χ1) is 15.3. The van der Waals surface area contributed by atoms with Gasteiger partial charge in [0.15, 0.2) is 5.82 Å². The van der Waals surface area contributed by atoms with Crippen LogP contribution in [0.4, 0.5) is 5.82 Å². The average Bonchev–Trinajstić information content (AvgIpc) is 2.79. The summed E-state index contributed by atoms with van der Waals surface area (Å²) in [5, 5.41) is 11.0. The van der Waals surface area contributed by atoms with Crippen molar-refractivity contribution in [1.82, 2.24) is 14.5 Å². The van der Waals surface area contributed by atoms with Gasteiger partial charge in [0.05, 0.1) is 10.7 Å². The van der Waals surface area contributed by atoms with Crippen LogP contribution >= 0.6 is 23.2 Å². The molecule has 1 aliphatic rings. The van der Waals surface area contributed by atoms with E-state index in [2.05, 4.69) is 10.2 Å². The highest BCUT2D eigenvalue weighted by Crippen LogP contribution is 2.29. The molecule has 1 saturated heterocycles. The van der Waals surface area contributed by atoms with E-state index >= 15 is 0 Å². The molecule has 0 unspecified atom stereocenters. The quantitative estimate of drug-likeness (QED) is 0.511. The fourth-order valence-corrected chi connectivity index (χ4v) is 5.11. The van der Waals surface area contributed by atoms with Crippen molar-refractivity contribution in [2.45, 2.75) is 6.92 Å². The zero-order valence-corrected chi connectivity index (χ0v) is 19.8. The number of hydrogen-bond acceptors (Lipinski definition) is 5. The summed E-state index contributed by atoms with van der Waals surface area (Å²) in [5.41, 5.74) is 3.40. The minimum Gasteiger partial charge on any atom is -0.352 e. The number of sulfonamides is 1. The van der Waals surface area contributed by atoms with E-state index < -0.39 is 10.0 Å². The number of halogens is 2. The number of rotatable bonds is 5. The standard InChI is InChI=1S/C23H22Cl2N4O2S/c1-17-2-4-18(5-3-17)10-15-32(30,31)29-13-11-28(12-14-29)23-9-8-22(26-27-23)20-7-6-19(24)16-21(20)25/h2-10,15-16H,11-14H2,1H3/b15-10-. The Morgan fingerprint density at radius 1 is 0.906 bits per heavy atom. The number of nitrogens with zero attached hydrogens (tertiary/aromatic N) is 4. The zero-order chi connectivity index (χ0) is 22.7. The summed E-state index contributed by atoms with van der Waals surface area (Å²) in [5.74, 6) is 0.700. The third-order valence-electron chi connectivity index (χ3n) is 5.29. The van der Waals surface area contributed by atoms with Crippen molar-refractivity contribution in [1.29, 1.82) is 0 Å². The molecule has 1 aliphatic heterocycles. The maximum Gasteiger partial charge on any atom is 0.236 e. The van der Waals surface area contributed by atoms with Crippen LogP contribution in [0.2, 0.25) is 10.0 Å². The second-order valence-electron chi connectivity index (χ2n) is 7.55. The van der Waals surface area contributed by atoms with Crippen LogP contribution in [0.15, 0.2) is 60.0 Å². The molecule has 0 amide bonds. The number of benzene rings is 2. The van der Waals surface area contributed by atoms with Crippen molar-refractivity contribution in [3.8, 4) is 11.3 Å². The van der Waals surface area contributed by atoms with Crippen molar-refractivity contribution >= 4 is 45.1 Å². The lowest BCUT2D eigenvalue weighted by Gasteiger charge is -2.33. The summed E-state index contributed by atoms with van der Waals surface area (Å²) >= 11 is 12.2. The molecule has 32 heavy (non-hydrogen) atoms. The lowest BCUT2D eigenvalue weighted by atomic mass is 10.1. The Labute approximate surface area is 198 Å². The predicted octanol–water partition coefficient (Wildman–Crippen LogP) is 4.88. The van der Waals surface area contributed by atoms with Gasteiger partial charge in [-0.25, -0.2) is 8.42 Å². The fraction of sp³-hybridized carbons (Fsp3) is 0.217. The molecule has 166 valence electrons. The largest absolute Gasteiger partial charge is 0.352 e. The summed E-state index contributed by atoms with van der Waals surface area (Å²) in [6.07, 6.45) is 1.63. The van der Waals surface area contributed by atoms with Crippen LogP contribution in [-0.2, 0) is 10.0 Å². The molecule has 4 rings (SSSR count). The minimum atomic E-state index is -3.48. The third kappa shape index (κ3) is 5.30. The van der Waals surface area contributed by atoms with E-state index in [0.29, 0.717) is 47.7 Å². The van der Waals surface area contributed by atoms with Crippen molar-refractivity contribution < 1.29 is 8.42 Å². The van der Waals surface area contributed by atoms with Crippen LogP contribution in [0.5, 0.6) is 0 Å². The first-order valence-electron chi connectivity index (χ1n) is 10.1. The molecule has 1 fully saturated rings. The summed E-state index contributed by atoms with van der Waals surface area (Å²) in [6, 6.07) is 16.7. The van der Waals surface area contributed by atoms with Gasteiger partial charge in [-0.15, -0.1) is 10.2 Å². The molecule has 0 aliphatic carbocycles. The van der Waals surface area contributed by atoms with Gasteiger partial charge in [-0.3, -0.25) is 0 Å². The average molecular weight is 489 g/mol. The number of hydrogen-bond donors (Lipinski definition) is 0. The van der Waals surface area contributed by atoms with Gasteiger partial charge in [-0.2, -0.15) is 4.31 Å². The molecule has 2 aromatic carbocycles. The van der Waals surface area contributed by atoms with Gasteiger partial charge in [0.2, 0.25) is 10.0 Å². The predicted molar refractivity (Wildman–Crippen MR) is 130 cm³/mol. The summed E-state index contributed by atoms with van der Waals surface area (Å²) in [6.45, 7) is 3.83. The van der Waals surface area contributed by atoms with Crippen LogP contribution in [0, 0.1) is 6.92 Å². The van der Waals surface area contributed by atoms with Crippen molar-refractivity contribution in [2.24, 2.45) is 0 Å². The molecule has 0 bridgehead atoms. The molecule has 3 aromatic rings. The summed E-state index contributed by atoms with van der Waals surface area (Å²) in [4.78, 5) is 2.02. The van der Waals surface area contributed by atoms with Crippen LogP contribution in [-0.4, -0.2) is 49.1 Å². The van der Waals surface area contributed by atoms with Crippen molar-refractivity contribution in [3.05, 3.63) is 81.2 Å². The molecule has 0 saturated carbocycles. The minimum absolute atomic E-state index is 0.382. The number of piperazine rings is 1. The second kappa shape index (κ2) is 9.58. The van der Waals surface area contributed by atoms with Crippen molar-refractivity contribution in [2.75, 3.05) is 31.1 Å². The molecule has 0 radical (unpaired) electrons. The molecule has 6 nitrogen and oxygen atoms in total. The Morgan fingerprint density at radius 2 is 1.62 bits per heavy atom. The molecule has 1 aromatic heterocycles. The topological polar surface area (TPSA) is 66.4 Å². The van der Waals surface area contributed by atoms with E-state index in [4.69, 9.17) is 23.2 Å². The van der Waals surface area contributed by atoms with Gasteiger partial charge in [0.25, 0.3) is 0 Å². The van der Waals surface area contributed by atoms with E-state index in [1.165, 1.54) is 9.71 Å². The molecule has 2 heterocycles. The van der Waals surface area contributed by atoms with Gasteiger partial charge >= 0.3 is 0 Å². The second-order valence-corrected chi connectivity index (χ2v) is 10.2. The van der Waals surface area contributed by atoms with E-state index in [9.17, 15) is 8.42 Å². The molecular formula is C23H22Cl2N4O2S. The van der Waals surface area contributed by atoms with Gasteiger partial charge in [-0.05, 0) is 48.9 Å². The Morgan fingerprint density at radius 3 is 2.25 bits per heavy atom. The smallest absolute Gasteiger partial charge is 0.236 e. The van der Waals surface area contributed by atoms with Gasteiger partial charge in [0, 0.05) is 42.2 Å². The maximum absolute atomic E-state index is 12.7. The molecule has 0 atom stereocenters. The highest BCUT2D eigenvalue weighted by molar-refractivity contribution is 7.92. The highest BCUT2D eigenvalue weighted by atomic mass is 35.5. The number of anilines is 1. The Balaban J connectivity index is 1.39. The van der Waals surface area contributed by atoms with E-state index in [1.807, 2.05) is 54.3 Å². The van der Waals surface area contributed by atoms with Gasteiger partial charge in [-0.1, -0.05) is 53.0 Å². The number of aryl methyl sites for hydroxylation is 1. The van der Waals surface area contributed by atoms with Gasteiger partial charge < -0.3 is 4.90 Å². The third-order valence-corrected chi connectivity index (χ3v) is 7.40.